The number of carbonyl (C=O) groups is 2. The molecule has 1 saturated heterocycles. The van der Waals surface area contributed by atoms with E-state index in [4.69, 9.17) is 0 Å². The Morgan fingerprint density at radius 1 is 1.39 bits per heavy atom. The number of benzene rings is 1. The highest BCUT2D eigenvalue weighted by Crippen LogP contribution is 2.39. The number of amides is 1. The number of quaternary nitrogens is 1. The largest absolute Gasteiger partial charge is 0.479 e. The number of isocyanates is 1. The van der Waals surface area contributed by atoms with Crippen LogP contribution in [-0.4, -0.2) is 59.0 Å². The molecule has 0 radical (unpaired) electrons. The SMILES string of the molecule is O=C=NC1(C(=O)O)CC=CC=C1[N+]1(C(=O)c2cccc(F)c2)CCNC(F)C1. The second kappa shape index (κ2) is 7.55. The molecular formula is C19H18F2N3O4+. The van der Waals surface area contributed by atoms with Crippen molar-refractivity contribution in [2.45, 2.75) is 18.3 Å². The average Bonchev–Trinajstić information content (AvgIpc) is 2.67. The Morgan fingerprint density at radius 3 is 2.82 bits per heavy atom. The minimum absolute atomic E-state index is 0.0127. The number of nitrogens with one attached hydrogen (secondary N) is 1. The number of aliphatic imine (C=N–C) groups is 1. The fourth-order valence-corrected chi connectivity index (χ4v) is 3.79. The Hall–Kier alpha value is -3.00. The van der Waals surface area contributed by atoms with Crippen molar-refractivity contribution in [3.05, 3.63) is 59.6 Å². The molecule has 28 heavy (non-hydrogen) atoms. The van der Waals surface area contributed by atoms with E-state index in [2.05, 4.69) is 10.3 Å². The van der Waals surface area contributed by atoms with Crippen LogP contribution in [0.4, 0.5) is 8.78 Å². The molecule has 3 atom stereocenters. The molecule has 3 rings (SSSR count). The summed E-state index contributed by atoms with van der Waals surface area (Å²) in [4.78, 5) is 40.1. The molecule has 0 aromatic heterocycles. The molecule has 2 N–H and O–H groups in total. The van der Waals surface area contributed by atoms with Crippen molar-refractivity contribution in [1.29, 1.82) is 0 Å². The number of alkyl halides is 1. The summed E-state index contributed by atoms with van der Waals surface area (Å²) in [6, 6.07) is 4.91. The Bertz CT molecular complexity index is 922. The first kappa shape index (κ1) is 19.8. The van der Waals surface area contributed by atoms with Gasteiger partial charge in [-0.25, -0.2) is 27.6 Å². The first-order chi connectivity index (χ1) is 13.4. The lowest BCUT2D eigenvalue weighted by molar-refractivity contribution is -0.822. The standard InChI is InChI=1S/C19H17F2N3O4/c20-14-5-3-4-13(10-14)17(26)24(9-8-22-16(21)11-24)15-6-1-2-7-19(15,18(27)28)23-12-25/h1-6,10,16,22H,7-9,11H2/p+1. The Morgan fingerprint density at radius 2 is 2.18 bits per heavy atom. The van der Waals surface area contributed by atoms with Gasteiger partial charge in [-0.05, 0) is 24.3 Å². The maximum atomic E-state index is 14.4. The third-order valence-corrected chi connectivity index (χ3v) is 5.07. The van der Waals surface area contributed by atoms with E-state index in [1.165, 1.54) is 36.4 Å². The predicted molar refractivity (Wildman–Crippen MR) is 94.0 cm³/mol. The molecule has 1 aliphatic carbocycles. The van der Waals surface area contributed by atoms with Gasteiger partial charge in [0.15, 0.2) is 5.70 Å². The van der Waals surface area contributed by atoms with Crippen LogP contribution < -0.4 is 5.32 Å². The molecule has 1 aromatic rings. The van der Waals surface area contributed by atoms with Gasteiger partial charge in [-0.2, -0.15) is 4.99 Å². The van der Waals surface area contributed by atoms with Gasteiger partial charge in [0, 0.05) is 13.0 Å². The number of nitrogens with zero attached hydrogens (tertiary/aromatic N) is 2. The van der Waals surface area contributed by atoms with Crippen molar-refractivity contribution >= 4 is 18.0 Å². The van der Waals surface area contributed by atoms with Gasteiger partial charge in [0.2, 0.25) is 17.9 Å². The monoisotopic (exact) mass is 390 g/mol. The number of carboxylic acids is 1. The van der Waals surface area contributed by atoms with E-state index in [-0.39, 0.29) is 30.8 Å². The summed E-state index contributed by atoms with van der Waals surface area (Å²) in [6.07, 6.45) is 3.87. The third kappa shape index (κ3) is 3.20. The van der Waals surface area contributed by atoms with Crippen LogP contribution in [0, 0.1) is 5.82 Å². The molecule has 1 heterocycles. The van der Waals surface area contributed by atoms with E-state index < -0.39 is 40.6 Å². The van der Waals surface area contributed by atoms with Crippen LogP contribution in [0.3, 0.4) is 0 Å². The number of carbonyl (C=O) groups excluding carboxylic acids is 2. The number of halogens is 2. The molecule has 2 aliphatic rings. The first-order valence-electron chi connectivity index (χ1n) is 8.61. The molecule has 1 aliphatic heterocycles. The molecule has 0 spiro atoms. The highest BCUT2D eigenvalue weighted by atomic mass is 19.1. The minimum atomic E-state index is -2.09. The summed E-state index contributed by atoms with van der Waals surface area (Å²) in [6.45, 7) is -0.332. The first-order valence-corrected chi connectivity index (χ1v) is 8.61. The zero-order chi connectivity index (χ0) is 20.4. The lowest BCUT2D eigenvalue weighted by Gasteiger charge is -2.45. The summed E-state index contributed by atoms with van der Waals surface area (Å²) >= 11 is 0. The van der Waals surface area contributed by atoms with Crippen LogP contribution in [0.5, 0.6) is 0 Å². The maximum absolute atomic E-state index is 14.4. The lowest BCUT2D eigenvalue weighted by Crippen LogP contribution is -2.67. The fourth-order valence-electron chi connectivity index (χ4n) is 3.79. The van der Waals surface area contributed by atoms with Crippen LogP contribution in [0.2, 0.25) is 0 Å². The van der Waals surface area contributed by atoms with Gasteiger partial charge >= 0.3 is 11.9 Å². The number of hydrogen-bond acceptors (Lipinski definition) is 5. The zero-order valence-corrected chi connectivity index (χ0v) is 14.8. The number of allylic oxidation sites excluding steroid dienone is 2. The summed E-state index contributed by atoms with van der Waals surface area (Å²) in [5, 5.41) is 12.4. The molecule has 1 aromatic carbocycles. The maximum Gasteiger partial charge on any atom is 0.351 e. The van der Waals surface area contributed by atoms with Gasteiger partial charge in [0.05, 0.1) is 5.56 Å². The van der Waals surface area contributed by atoms with Crippen LogP contribution in [-0.2, 0) is 9.59 Å². The highest BCUT2D eigenvalue weighted by Gasteiger charge is 2.58. The van der Waals surface area contributed by atoms with Crippen molar-refractivity contribution in [2.24, 2.45) is 4.99 Å². The number of piperazine rings is 1. The van der Waals surface area contributed by atoms with Gasteiger partial charge in [0.25, 0.3) is 0 Å². The van der Waals surface area contributed by atoms with Crippen molar-refractivity contribution < 1.29 is 32.8 Å². The Labute approximate surface area is 159 Å². The molecule has 0 bridgehead atoms. The van der Waals surface area contributed by atoms with Crippen LogP contribution in [0.15, 0.2) is 53.2 Å². The van der Waals surface area contributed by atoms with Crippen molar-refractivity contribution in [3.63, 3.8) is 0 Å². The van der Waals surface area contributed by atoms with Crippen LogP contribution >= 0.6 is 0 Å². The topological polar surface area (TPSA) is 95.8 Å². The minimum Gasteiger partial charge on any atom is -0.479 e. The van der Waals surface area contributed by atoms with E-state index in [0.717, 1.165) is 12.1 Å². The van der Waals surface area contributed by atoms with E-state index in [0.29, 0.717) is 0 Å². The van der Waals surface area contributed by atoms with Gasteiger partial charge in [0.1, 0.15) is 18.9 Å². The van der Waals surface area contributed by atoms with Crippen LogP contribution in [0.25, 0.3) is 0 Å². The molecule has 146 valence electrons. The predicted octanol–water partition coefficient (Wildman–Crippen LogP) is 1.68. The van der Waals surface area contributed by atoms with Gasteiger partial charge in [-0.3, -0.25) is 5.32 Å². The van der Waals surface area contributed by atoms with E-state index in [1.807, 2.05) is 0 Å². The second-order valence-corrected chi connectivity index (χ2v) is 6.66. The smallest absolute Gasteiger partial charge is 0.351 e. The zero-order valence-electron chi connectivity index (χ0n) is 14.8. The lowest BCUT2D eigenvalue weighted by atomic mass is 9.84. The normalized spacial score (nSPS) is 29.5. The summed E-state index contributed by atoms with van der Waals surface area (Å²) in [5.41, 5.74) is -2.17. The quantitative estimate of drug-likeness (QED) is 0.353. The van der Waals surface area contributed by atoms with Crippen molar-refractivity contribution in [2.75, 3.05) is 19.6 Å². The van der Waals surface area contributed by atoms with Gasteiger partial charge < -0.3 is 5.11 Å². The molecular weight excluding hydrogens is 372 g/mol. The second-order valence-electron chi connectivity index (χ2n) is 6.66. The van der Waals surface area contributed by atoms with Crippen molar-refractivity contribution in [3.8, 4) is 0 Å². The molecule has 9 heteroatoms. The summed E-state index contributed by atoms with van der Waals surface area (Å²) in [7, 11) is 0. The number of hydrogen-bond donors (Lipinski definition) is 2. The van der Waals surface area contributed by atoms with E-state index >= 15 is 0 Å². The summed E-state index contributed by atoms with van der Waals surface area (Å²) < 4.78 is 27.4. The van der Waals surface area contributed by atoms with Gasteiger partial charge in [-0.1, -0.05) is 18.2 Å². The third-order valence-electron chi connectivity index (χ3n) is 5.07. The molecule has 7 nitrogen and oxygen atoms in total. The van der Waals surface area contributed by atoms with Crippen molar-refractivity contribution in [1.82, 2.24) is 5.32 Å². The molecule has 1 fully saturated rings. The Kier molecular flexibility index (Phi) is 5.33. The number of aliphatic carboxylic acids is 1. The van der Waals surface area contributed by atoms with Gasteiger partial charge in [-0.15, -0.1) is 0 Å². The Balaban J connectivity index is 2.23. The van der Waals surface area contributed by atoms with E-state index in [9.17, 15) is 28.3 Å². The van der Waals surface area contributed by atoms with Crippen LogP contribution in [0.1, 0.15) is 16.8 Å². The highest BCUT2D eigenvalue weighted by molar-refractivity contribution is 5.92. The molecule has 0 saturated carbocycles. The number of rotatable bonds is 4. The summed E-state index contributed by atoms with van der Waals surface area (Å²) in [5.74, 6) is -2.77. The fraction of sp³-hybridized carbons (Fsp3) is 0.316. The average molecular weight is 390 g/mol. The van der Waals surface area contributed by atoms with E-state index in [1.54, 1.807) is 0 Å². The molecule has 1 amide bonds. The number of carboxylic acid groups (broad SMARTS) is 1. The molecule has 3 unspecified atom stereocenters.